The number of nitrogens with one attached hydrogen (secondary N) is 3. The molecule has 0 fully saturated rings. The Morgan fingerprint density at radius 2 is 2.00 bits per heavy atom. The maximum atomic E-state index is 14.6. The standard InChI is InChI=1S/C15H15F4N3O3/c1-20-14(23)11-6(3-4-21-15(24)13(18)19)9-8(22-11)5-7(16)12(25-2)10(9)17/h5,13,22H,3-4H2,1-2H3,(H,20,23)(H,21,24). The van der Waals surface area contributed by atoms with Gasteiger partial charge in [0.2, 0.25) is 0 Å². The summed E-state index contributed by atoms with van der Waals surface area (Å²) in [6, 6.07) is 0.963. The number of alkyl halides is 2. The van der Waals surface area contributed by atoms with E-state index in [0.717, 1.165) is 13.2 Å². The number of carbonyl (C=O) groups is 2. The number of ether oxygens (including phenoxy) is 1. The molecule has 1 heterocycles. The fraction of sp³-hybridized carbons (Fsp3) is 0.333. The van der Waals surface area contributed by atoms with Crippen molar-refractivity contribution in [3.63, 3.8) is 0 Å². The molecule has 25 heavy (non-hydrogen) atoms. The second-order valence-electron chi connectivity index (χ2n) is 5.03. The van der Waals surface area contributed by atoms with Gasteiger partial charge in [-0.3, -0.25) is 9.59 Å². The number of aromatic nitrogens is 1. The van der Waals surface area contributed by atoms with Gasteiger partial charge in [-0.25, -0.2) is 8.78 Å². The average Bonchev–Trinajstić information content (AvgIpc) is 2.92. The van der Waals surface area contributed by atoms with Gasteiger partial charge in [-0.1, -0.05) is 0 Å². The van der Waals surface area contributed by atoms with Crippen LogP contribution in [0.15, 0.2) is 6.07 Å². The molecule has 0 aliphatic heterocycles. The Morgan fingerprint density at radius 3 is 2.56 bits per heavy atom. The highest BCUT2D eigenvalue weighted by Crippen LogP contribution is 2.33. The van der Waals surface area contributed by atoms with E-state index in [4.69, 9.17) is 0 Å². The minimum Gasteiger partial charge on any atom is -0.491 e. The number of rotatable bonds is 6. The van der Waals surface area contributed by atoms with Crippen LogP contribution < -0.4 is 15.4 Å². The highest BCUT2D eigenvalue weighted by atomic mass is 19.3. The number of methoxy groups -OCH3 is 1. The topological polar surface area (TPSA) is 83.2 Å². The van der Waals surface area contributed by atoms with Crippen LogP contribution >= 0.6 is 0 Å². The molecule has 0 saturated heterocycles. The largest absolute Gasteiger partial charge is 0.491 e. The van der Waals surface area contributed by atoms with Crippen LogP contribution in [0.5, 0.6) is 5.75 Å². The monoisotopic (exact) mass is 361 g/mol. The smallest absolute Gasteiger partial charge is 0.315 e. The summed E-state index contributed by atoms with van der Waals surface area (Å²) in [5.74, 6) is -4.71. The average molecular weight is 361 g/mol. The van der Waals surface area contributed by atoms with Crippen molar-refractivity contribution in [2.75, 3.05) is 20.7 Å². The lowest BCUT2D eigenvalue weighted by molar-refractivity contribution is -0.131. The molecule has 0 aliphatic carbocycles. The molecule has 1 aromatic carbocycles. The van der Waals surface area contributed by atoms with Crippen molar-refractivity contribution in [3.8, 4) is 5.75 Å². The maximum Gasteiger partial charge on any atom is 0.315 e. The summed E-state index contributed by atoms with van der Waals surface area (Å²) in [4.78, 5) is 25.5. The first-order chi connectivity index (χ1) is 11.8. The highest BCUT2D eigenvalue weighted by Gasteiger charge is 2.24. The van der Waals surface area contributed by atoms with Gasteiger partial charge in [0.05, 0.1) is 12.6 Å². The van der Waals surface area contributed by atoms with E-state index in [1.807, 2.05) is 5.32 Å². The molecule has 0 aliphatic rings. The first kappa shape index (κ1) is 18.6. The molecule has 0 radical (unpaired) electrons. The number of H-pyrrole nitrogens is 1. The van der Waals surface area contributed by atoms with E-state index >= 15 is 0 Å². The van der Waals surface area contributed by atoms with Crippen LogP contribution in [0.3, 0.4) is 0 Å². The minimum absolute atomic E-state index is 0.00425. The second kappa shape index (κ2) is 7.41. The molecule has 0 unspecified atom stereocenters. The number of carbonyl (C=O) groups excluding carboxylic acids is 2. The third kappa shape index (κ3) is 3.52. The lowest BCUT2D eigenvalue weighted by Crippen LogP contribution is -2.31. The SMILES string of the molecule is CNC(=O)c1[nH]c2cc(F)c(OC)c(F)c2c1CCNC(=O)C(F)F. The predicted octanol–water partition coefficient (Wildman–Crippen LogP) is 1.74. The van der Waals surface area contributed by atoms with E-state index < -0.39 is 35.6 Å². The summed E-state index contributed by atoms with van der Waals surface area (Å²) in [5, 5.41) is 4.20. The van der Waals surface area contributed by atoms with Crippen molar-refractivity contribution >= 4 is 22.7 Å². The van der Waals surface area contributed by atoms with Gasteiger partial charge in [0.25, 0.3) is 11.8 Å². The Balaban J connectivity index is 2.50. The molecule has 2 aromatic rings. The third-order valence-electron chi connectivity index (χ3n) is 3.57. The first-order valence-corrected chi connectivity index (χ1v) is 7.16. The van der Waals surface area contributed by atoms with Crippen molar-refractivity contribution in [3.05, 3.63) is 29.0 Å². The van der Waals surface area contributed by atoms with Crippen molar-refractivity contribution in [2.45, 2.75) is 12.8 Å². The summed E-state index contributed by atoms with van der Waals surface area (Å²) in [5.41, 5.74) is 0.0552. The summed E-state index contributed by atoms with van der Waals surface area (Å²) in [7, 11) is 2.43. The van der Waals surface area contributed by atoms with E-state index in [0.29, 0.717) is 0 Å². The Kier molecular flexibility index (Phi) is 5.50. The molecule has 2 amide bonds. The van der Waals surface area contributed by atoms with Gasteiger partial charge in [-0.05, 0) is 12.0 Å². The zero-order valence-corrected chi connectivity index (χ0v) is 13.3. The van der Waals surface area contributed by atoms with Crippen LogP contribution in [0.4, 0.5) is 17.6 Å². The van der Waals surface area contributed by atoms with Gasteiger partial charge in [0, 0.05) is 25.0 Å². The van der Waals surface area contributed by atoms with Crippen LogP contribution in [0, 0.1) is 11.6 Å². The lowest BCUT2D eigenvalue weighted by Gasteiger charge is -2.08. The Bertz CT molecular complexity index is 820. The number of hydrogen-bond donors (Lipinski definition) is 3. The number of amides is 2. The summed E-state index contributed by atoms with van der Waals surface area (Å²) in [6.07, 6.45) is -3.32. The van der Waals surface area contributed by atoms with Crippen LogP contribution in [-0.2, 0) is 11.2 Å². The van der Waals surface area contributed by atoms with Gasteiger partial charge in [-0.15, -0.1) is 0 Å². The molecule has 6 nitrogen and oxygen atoms in total. The summed E-state index contributed by atoms with van der Waals surface area (Å²) < 4.78 is 57.5. The molecule has 0 spiro atoms. The van der Waals surface area contributed by atoms with E-state index in [1.54, 1.807) is 0 Å². The summed E-state index contributed by atoms with van der Waals surface area (Å²) >= 11 is 0. The molecule has 136 valence electrons. The molecular formula is C15H15F4N3O3. The van der Waals surface area contributed by atoms with Crippen LogP contribution in [0.25, 0.3) is 10.9 Å². The number of benzene rings is 1. The molecule has 10 heteroatoms. The molecule has 2 rings (SSSR count). The Morgan fingerprint density at radius 1 is 1.32 bits per heavy atom. The molecule has 1 aromatic heterocycles. The lowest BCUT2D eigenvalue weighted by atomic mass is 10.1. The van der Waals surface area contributed by atoms with Crippen molar-refractivity contribution in [1.82, 2.24) is 15.6 Å². The van der Waals surface area contributed by atoms with Crippen LogP contribution in [-0.4, -0.2) is 43.9 Å². The number of halogens is 4. The van der Waals surface area contributed by atoms with Gasteiger partial charge in [0.1, 0.15) is 5.69 Å². The molecule has 3 N–H and O–H groups in total. The predicted molar refractivity (Wildman–Crippen MR) is 80.9 cm³/mol. The van der Waals surface area contributed by atoms with Gasteiger partial charge in [-0.2, -0.15) is 8.78 Å². The Labute approximate surface area is 139 Å². The number of hydrogen-bond acceptors (Lipinski definition) is 3. The fourth-order valence-electron chi connectivity index (χ4n) is 2.47. The fourth-order valence-corrected chi connectivity index (χ4v) is 2.47. The van der Waals surface area contributed by atoms with E-state index in [-0.39, 0.29) is 35.1 Å². The zero-order chi connectivity index (χ0) is 18.7. The van der Waals surface area contributed by atoms with Gasteiger partial charge < -0.3 is 20.4 Å². The summed E-state index contributed by atoms with van der Waals surface area (Å²) in [6.45, 7) is -0.265. The quantitative estimate of drug-likeness (QED) is 0.686. The van der Waals surface area contributed by atoms with Gasteiger partial charge in [0.15, 0.2) is 17.4 Å². The second-order valence-corrected chi connectivity index (χ2v) is 5.03. The molecule has 0 saturated carbocycles. The first-order valence-electron chi connectivity index (χ1n) is 7.16. The van der Waals surface area contributed by atoms with E-state index in [1.165, 1.54) is 7.05 Å². The zero-order valence-electron chi connectivity index (χ0n) is 13.3. The van der Waals surface area contributed by atoms with Crippen LogP contribution in [0.2, 0.25) is 0 Å². The maximum absolute atomic E-state index is 14.6. The third-order valence-corrected chi connectivity index (χ3v) is 3.57. The molecule has 0 atom stereocenters. The number of aromatic amines is 1. The Hall–Kier alpha value is -2.78. The van der Waals surface area contributed by atoms with Crippen molar-refractivity contribution in [1.29, 1.82) is 0 Å². The van der Waals surface area contributed by atoms with Gasteiger partial charge >= 0.3 is 6.43 Å². The van der Waals surface area contributed by atoms with E-state index in [9.17, 15) is 27.2 Å². The van der Waals surface area contributed by atoms with E-state index in [2.05, 4.69) is 15.0 Å². The normalized spacial score (nSPS) is 11.0. The number of fused-ring (bicyclic) bond motifs is 1. The highest BCUT2D eigenvalue weighted by molar-refractivity contribution is 6.01. The molecule has 0 bridgehead atoms. The minimum atomic E-state index is -3.19. The van der Waals surface area contributed by atoms with Crippen molar-refractivity contribution < 1.29 is 31.9 Å². The van der Waals surface area contributed by atoms with Crippen molar-refractivity contribution in [2.24, 2.45) is 0 Å². The molecular weight excluding hydrogens is 346 g/mol. The van der Waals surface area contributed by atoms with Crippen LogP contribution in [0.1, 0.15) is 16.1 Å².